The Balaban J connectivity index is 2.28. The minimum Gasteiger partial charge on any atom is -0.302 e. The topological polar surface area (TPSA) is 12.0 Å². The van der Waals surface area contributed by atoms with Gasteiger partial charge in [-0.25, -0.2) is 0 Å². The van der Waals surface area contributed by atoms with Crippen LogP contribution in [0.25, 0.3) is 0 Å². The minimum absolute atomic E-state index is 0.0534. The van der Waals surface area contributed by atoms with E-state index < -0.39 is 0 Å². The fraction of sp³-hybridized carbons (Fsp3) is 0.520. The van der Waals surface area contributed by atoms with E-state index in [0.29, 0.717) is 11.8 Å². The molecule has 0 aromatic heterocycles. The lowest BCUT2D eigenvalue weighted by atomic mass is 9.92. The summed E-state index contributed by atoms with van der Waals surface area (Å²) in [5, 5.41) is 3.81. The van der Waals surface area contributed by atoms with Gasteiger partial charge in [0.05, 0.1) is 6.04 Å². The molecule has 2 rings (SSSR count). The summed E-state index contributed by atoms with van der Waals surface area (Å²) in [5.74, 6) is 1.38. The Labute approximate surface area is 161 Å². The second-order valence-electron chi connectivity index (χ2n) is 9.51. The minimum atomic E-state index is 0.0534. The first-order valence-electron chi connectivity index (χ1n) is 10.1. The molecule has 2 aromatic carbocycles. The SMILES string of the molecule is CC(C)Cc1ccc(C(NC(C)(C)C)c2ccc(CC(C)C)cc2)cc1. The van der Waals surface area contributed by atoms with E-state index in [2.05, 4.69) is 102 Å². The highest BCUT2D eigenvalue weighted by molar-refractivity contribution is 5.35. The van der Waals surface area contributed by atoms with Crippen molar-refractivity contribution in [1.82, 2.24) is 5.32 Å². The molecule has 1 N–H and O–H groups in total. The third-order valence-corrected chi connectivity index (χ3v) is 4.49. The van der Waals surface area contributed by atoms with Gasteiger partial charge < -0.3 is 5.32 Å². The average Bonchev–Trinajstić information content (AvgIpc) is 2.52. The van der Waals surface area contributed by atoms with Gasteiger partial charge in [0.25, 0.3) is 0 Å². The van der Waals surface area contributed by atoms with Crippen LogP contribution in [-0.4, -0.2) is 5.54 Å². The van der Waals surface area contributed by atoms with Crippen molar-refractivity contribution in [2.45, 2.75) is 72.9 Å². The van der Waals surface area contributed by atoms with Gasteiger partial charge in [0, 0.05) is 5.54 Å². The summed E-state index contributed by atoms with van der Waals surface area (Å²) in [7, 11) is 0. The third kappa shape index (κ3) is 6.61. The molecule has 26 heavy (non-hydrogen) atoms. The normalized spacial score (nSPS) is 12.4. The van der Waals surface area contributed by atoms with E-state index in [1.807, 2.05) is 0 Å². The number of benzene rings is 2. The van der Waals surface area contributed by atoms with E-state index in [1.54, 1.807) is 0 Å². The largest absolute Gasteiger partial charge is 0.302 e. The Kier molecular flexibility index (Phi) is 7.06. The number of hydrogen-bond acceptors (Lipinski definition) is 1. The average molecular weight is 352 g/mol. The van der Waals surface area contributed by atoms with Crippen LogP contribution in [0.15, 0.2) is 48.5 Å². The quantitative estimate of drug-likeness (QED) is 0.595. The van der Waals surface area contributed by atoms with Gasteiger partial charge in [-0.1, -0.05) is 76.2 Å². The summed E-state index contributed by atoms with van der Waals surface area (Å²) >= 11 is 0. The van der Waals surface area contributed by atoms with Gasteiger partial charge in [-0.15, -0.1) is 0 Å². The molecule has 0 atom stereocenters. The fourth-order valence-electron chi connectivity index (χ4n) is 3.43. The maximum Gasteiger partial charge on any atom is 0.0580 e. The second kappa shape index (κ2) is 8.86. The van der Waals surface area contributed by atoms with Crippen LogP contribution in [0.1, 0.15) is 76.8 Å². The Bertz CT molecular complexity index is 603. The van der Waals surface area contributed by atoms with E-state index in [0.717, 1.165) is 12.8 Å². The van der Waals surface area contributed by atoms with Crippen molar-refractivity contribution in [2.24, 2.45) is 11.8 Å². The maximum atomic E-state index is 3.81. The van der Waals surface area contributed by atoms with Gasteiger partial charge in [-0.3, -0.25) is 0 Å². The van der Waals surface area contributed by atoms with Gasteiger partial charge in [-0.05, 0) is 67.7 Å². The number of nitrogens with one attached hydrogen (secondary N) is 1. The molecule has 1 heteroatoms. The predicted octanol–water partition coefficient (Wildman–Crippen LogP) is 6.56. The highest BCUT2D eigenvalue weighted by Gasteiger charge is 2.20. The molecule has 142 valence electrons. The molecule has 0 saturated heterocycles. The second-order valence-corrected chi connectivity index (χ2v) is 9.51. The van der Waals surface area contributed by atoms with E-state index in [4.69, 9.17) is 0 Å². The molecule has 0 radical (unpaired) electrons. The zero-order chi connectivity index (χ0) is 19.3. The third-order valence-electron chi connectivity index (χ3n) is 4.49. The van der Waals surface area contributed by atoms with Crippen molar-refractivity contribution in [1.29, 1.82) is 0 Å². The lowest BCUT2D eigenvalue weighted by Gasteiger charge is -2.29. The summed E-state index contributed by atoms with van der Waals surface area (Å²) < 4.78 is 0. The van der Waals surface area contributed by atoms with Gasteiger partial charge >= 0.3 is 0 Å². The van der Waals surface area contributed by atoms with E-state index in [-0.39, 0.29) is 11.6 Å². The van der Waals surface area contributed by atoms with Gasteiger partial charge in [0.2, 0.25) is 0 Å². The van der Waals surface area contributed by atoms with Crippen molar-refractivity contribution in [3.8, 4) is 0 Å². The summed E-state index contributed by atoms with van der Waals surface area (Å²) in [4.78, 5) is 0. The zero-order valence-electron chi connectivity index (χ0n) is 17.8. The van der Waals surface area contributed by atoms with Crippen LogP contribution in [0, 0.1) is 11.8 Å². The molecule has 0 spiro atoms. The highest BCUT2D eigenvalue weighted by Crippen LogP contribution is 2.26. The Hall–Kier alpha value is -1.60. The molecule has 0 fully saturated rings. The van der Waals surface area contributed by atoms with Gasteiger partial charge in [-0.2, -0.15) is 0 Å². The molecule has 0 unspecified atom stereocenters. The Morgan fingerprint density at radius 2 is 1.00 bits per heavy atom. The molecule has 1 nitrogen and oxygen atoms in total. The molecule has 0 bridgehead atoms. The summed E-state index contributed by atoms with van der Waals surface area (Å²) in [6.45, 7) is 15.8. The molecule has 0 aliphatic carbocycles. The zero-order valence-corrected chi connectivity index (χ0v) is 17.8. The summed E-state index contributed by atoms with van der Waals surface area (Å²) in [5.41, 5.74) is 5.57. The van der Waals surface area contributed by atoms with Crippen molar-refractivity contribution in [3.63, 3.8) is 0 Å². The lowest BCUT2D eigenvalue weighted by Crippen LogP contribution is -2.39. The maximum absolute atomic E-state index is 3.81. The van der Waals surface area contributed by atoms with E-state index >= 15 is 0 Å². The number of hydrogen-bond donors (Lipinski definition) is 1. The van der Waals surface area contributed by atoms with Crippen LogP contribution in [0.3, 0.4) is 0 Å². The summed E-state index contributed by atoms with van der Waals surface area (Å²) in [6, 6.07) is 18.6. The van der Waals surface area contributed by atoms with Crippen LogP contribution in [0.2, 0.25) is 0 Å². The van der Waals surface area contributed by atoms with Crippen LogP contribution in [-0.2, 0) is 12.8 Å². The van der Waals surface area contributed by atoms with Crippen molar-refractivity contribution >= 4 is 0 Å². The van der Waals surface area contributed by atoms with Crippen LogP contribution in [0.5, 0.6) is 0 Å². The first-order valence-corrected chi connectivity index (χ1v) is 10.1. The first-order chi connectivity index (χ1) is 12.1. The van der Waals surface area contributed by atoms with Crippen molar-refractivity contribution in [2.75, 3.05) is 0 Å². The molecule has 2 aromatic rings. The number of rotatable bonds is 7. The molecular formula is C25H37N. The lowest BCUT2D eigenvalue weighted by molar-refractivity contribution is 0.391. The molecule has 0 saturated carbocycles. The predicted molar refractivity (Wildman–Crippen MR) is 115 cm³/mol. The summed E-state index contributed by atoms with van der Waals surface area (Å²) in [6.07, 6.45) is 2.28. The van der Waals surface area contributed by atoms with Gasteiger partial charge in [0.15, 0.2) is 0 Å². The molecular weight excluding hydrogens is 314 g/mol. The smallest absolute Gasteiger partial charge is 0.0580 e. The van der Waals surface area contributed by atoms with Crippen molar-refractivity contribution < 1.29 is 0 Å². The Morgan fingerprint density at radius 1 is 0.654 bits per heavy atom. The monoisotopic (exact) mass is 351 g/mol. The highest BCUT2D eigenvalue weighted by atomic mass is 15.0. The van der Waals surface area contributed by atoms with Gasteiger partial charge in [0.1, 0.15) is 0 Å². The van der Waals surface area contributed by atoms with Crippen LogP contribution >= 0.6 is 0 Å². The van der Waals surface area contributed by atoms with Crippen LogP contribution in [0.4, 0.5) is 0 Å². The molecule has 0 heterocycles. The van der Waals surface area contributed by atoms with E-state index in [9.17, 15) is 0 Å². The van der Waals surface area contributed by atoms with E-state index in [1.165, 1.54) is 22.3 Å². The van der Waals surface area contributed by atoms with Crippen LogP contribution < -0.4 is 5.32 Å². The molecule has 0 aliphatic rings. The first kappa shape index (κ1) is 20.7. The molecule has 0 aliphatic heterocycles. The fourth-order valence-corrected chi connectivity index (χ4v) is 3.43. The van der Waals surface area contributed by atoms with Crippen molar-refractivity contribution in [3.05, 3.63) is 70.8 Å². The standard InChI is InChI=1S/C25H37N/c1-18(2)16-20-8-12-22(13-9-20)24(26-25(5,6)7)23-14-10-21(11-15-23)17-19(3)4/h8-15,18-19,24,26H,16-17H2,1-7H3. The molecule has 0 amide bonds. The Morgan fingerprint density at radius 3 is 1.27 bits per heavy atom.